The Morgan fingerprint density at radius 2 is 1.61 bits per heavy atom. The van der Waals surface area contributed by atoms with E-state index in [2.05, 4.69) is 0 Å². The monoisotopic (exact) mass is 421 g/mol. The molecule has 1 aliphatic heterocycles. The Labute approximate surface area is 182 Å². The Balaban J connectivity index is 1.86. The molecule has 0 bridgehead atoms. The molecule has 4 rings (SSSR count). The van der Waals surface area contributed by atoms with Gasteiger partial charge in [0.1, 0.15) is 5.76 Å². The highest BCUT2D eigenvalue weighted by Gasteiger charge is 2.48. The maximum atomic E-state index is 13.2. The molecule has 6 heteroatoms. The number of amides is 1. The lowest BCUT2D eigenvalue weighted by molar-refractivity contribution is -0.141. The molecular formula is C25H27NO5. The zero-order valence-corrected chi connectivity index (χ0v) is 17.8. The maximum Gasteiger partial charge on any atom is 0.295 e. The smallest absolute Gasteiger partial charge is 0.295 e. The summed E-state index contributed by atoms with van der Waals surface area (Å²) in [6.45, 7) is 0. The first kappa shape index (κ1) is 21.0. The van der Waals surface area contributed by atoms with Crippen molar-refractivity contribution in [2.24, 2.45) is 0 Å². The number of aliphatic hydroxyl groups is 1. The van der Waals surface area contributed by atoms with Gasteiger partial charge in [0.25, 0.3) is 11.7 Å². The Morgan fingerprint density at radius 1 is 0.935 bits per heavy atom. The molecule has 0 aromatic heterocycles. The van der Waals surface area contributed by atoms with Crippen molar-refractivity contribution in [3.05, 3.63) is 65.2 Å². The standard InChI is InChI=1S/C25H27NO5/c1-30-19-14-13-17(15-20(19)31-2)23(27)21-22(16-9-5-3-6-10-16)26(25(29)24(21)28)18-11-7-4-8-12-18/h3,5-6,9-10,13-15,18,22,27H,4,7-8,11-12H2,1-2H3/b23-21-. The lowest BCUT2D eigenvalue weighted by atomic mass is 9.91. The fourth-order valence-electron chi connectivity index (χ4n) is 4.69. The van der Waals surface area contributed by atoms with E-state index >= 15 is 0 Å². The number of ketones is 1. The first-order chi connectivity index (χ1) is 15.1. The number of likely N-dealkylation sites (tertiary alicyclic amines) is 1. The van der Waals surface area contributed by atoms with Crippen LogP contribution in [-0.4, -0.2) is 42.0 Å². The highest BCUT2D eigenvalue weighted by Crippen LogP contribution is 2.43. The van der Waals surface area contributed by atoms with E-state index in [0.29, 0.717) is 17.1 Å². The summed E-state index contributed by atoms with van der Waals surface area (Å²) < 4.78 is 10.6. The summed E-state index contributed by atoms with van der Waals surface area (Å²) in [7, 11) is 3.04. The maximum absolute atomic E-state index is 13.2. The van der Waals surface area contributed by atoms with E-state index in [1.807, 2.05) is 30.3 Å². The second-order valence-electron chi connectivity index (χ2n) is 7.98. The second-order valence-corrected chi connectivity index (χ2v) is 7.98. The van der Waals surface area contributed by atoms with Crippen LogP contribution < -0.4 is 9.47 Å². The van der Waals surface area contributed by atoms with Crippen molar-refractivity contribution in [3.63, 3.8) is 0 Å². The number of benzene rings is 2. The first-order valence-corrected chi connectivity index (χ1v) is 10.6. The number of methoxy groups -OCH3 is 2. The number of aliphatic hydroxyl groups excluding tert-OH is 1. The molecule has 1 heterocycles. The van der Waals surface area contributed by atoms with E-state index < -0.39 is 17.7 Å². The van der Waals surface area contributed by atoms with Crippen LogP contribution in [0.4, 0.5) is 0 Å². The molecule has 2 fully saturated rings. The van der Waals surface area contributed by atoms with Crippen LogP contribution in [0, 0.1) is 0 Å². The quantitative estimate of drug-likeness (QED) is 0.438. The molecule has 1 atom stereocenters. The molecule has 1 aliphatic carbocycles. The Kier molecular flexibility index (Phi) is 5.98. The topological polar surface area (TPSA) is 76.1 Å². The molecular weight excluding hydrogens is 394 g/mol. The predicted octanol–water partition coefficient (Wildman–Crippen LogP) is 4.46. The minimum absolute atomic E-state index is 0.00823. The number of carbonyl (C=O) groups is 2. The van der Waals surface area contributed by atoms with Crippen molar-refractivity contribution >= 4 is 17.4 Å². The summed E-state index contributed by atoms with van der Waals surface area (Å²) in [5.41, 5.74) is 1.34. The van der Waals surface area contributed by atoms with Crippen LogP contribution in [0.1, 0.15) is 49.3 Å². The fraction of sp³-hybridized carbons (Fsp3) is 0.360. The zero-order valence-electron chi connectivity index (χ0n) is 17.8. The summed E-state index contributed by atoms with van der Waals surface area (Å²) in [5, 5.41) is 11.2. The van der Waals surface area contributed by atoms with E-state index in [0.717, 1.165) is 37.7 Å². The normalized spacial score (nSPS) is 21.4. The van der Waals surface area contributed by atoms with Gasteiger partial charge in [0.15, 0.2) is 11.5 Å². The predicted molar refractivity (Wildman–Crippen MR) is 117 cm³/mol. The second kappa shape index (κ2) is 8.84. The van der Waals surface area contributed by atoms with Gasteiger partial charge in [0.2, 0.25) is 0 Å². The van der Waals surface area contributed by atoms with Gasteiger partial charge in [0, 0.05) is 11.6 Å². The Hall–Kier alpha value is -3.28. The number of hydrogen-bond donors (Lipinski definition) is 1. The minimum Gasteiger partial charge on any atom is -0.507 e. The van der Waals surface area contributed by atoms with Crippen LogP contribution in [0.2, 0.25) is 0 Å². The molecule has 1 unspecified atom stereocenters. The highest BCUT2D eigenvalue weighted by atomic mass is 16.5. The average Bonchev–Trinajstić information content (AvgIpc) is 3.09. The van der Waals surface area contributed by atoms with Crippen LogP contribution >= 0.6 is 0 Å². The average molecular weight is 421 g/mol. The van der Waals surface area contributed by atoms with Gasteiger partial charge in [-0.15, -0.1) is 0 Å². The summed E-state index contributed by atoms with van der Waals surface area (Å²) in [5.74, 6) is -0.438. The van der Waals surface area contributed by atoms with E-state index in [1.54, 1.807) is 23.1 Å². The van der Waals surface area contributed by atoms with Crippen LogP contribution in [0.5, 0.6) is 11.5 Å². The van der Waals surface area contributed by atoms with Gasteiger partial charge in [0.05, 0.1) is 25.8 Å². The summed E-state index contributed by atoms with van der Waals surface area (Å²) >= 11 is 0. The van der Waals surface area contributed by atoms with E-state index in [-0.39, 0.29) is 17.4 Å². The molecule has 162 valence electrons. The van der Waals surface area contributed by atoms with Crippen molar-refractivity contribution in [3.8, 4) is 11.5 Å². The number of Topliss-reactive ketones (excluding diaryl/α,β-unsaturated/α-hetero) is 1. The molecule has 1 saturated carbocycles. The van der Waals surface area contributed by atoms with Crippen LogP contribution in [0.15, 0.2) is 54.1 Å². The molecule has 2 aromatic rings. The Bertz CT molecular complexity index is 1010. The van der Waals surface area contributed by atoms with Crippen LogP contribution in [0.3, 0.4) is 0 Å². The molecule has 0 spiro atoms. The van der Waals surface area contributed by atoms with Gasteiger partial charge in [-0.3, -0.25) is 9.59 Å². The molecule has 0 radical (unpaired) electrons. The number of carbonyl (C=O) groups excluding carboxylic acids is 2. The first-order valence-electron chi connectivity index (χ1n) is 10.6. The van der Waals surface area contributed by atoms with Gasteiger partial charge in [-0.05, 0) is 36.6 Å². The van der Waals surface area contributed by atoms with Gasteiger partial charge in [-0.25, -0.2) is 0 Å². The molecule has 1 amide bonds. The lowest BCUT2D eigenvalue weighted by Gasteiger charge is -2.35. The SMILES string of the molecule is COc1ccc(/C(O)=C2/C(=O)C(=O)N(C3CCCCC3)C2c2ccccc2)cc1OC. The summed E-state index contributed by atoms with van der Waals surface area (Å²) in [4.78, 5) is 28.0. The number of rotatable bonds is 5. The van der Waals surface area contributed by atoms with Crippen LogP contribution in [0.25, 0.3) is 5.76 Å². The number of ether oxygens (including phenoxy) is 2. The summed E-state index contributed by atoms with van der Waals surface area (Å²) in [6, 6.07) is 13.8. The minimum atomic E-state index is -0.647. The van der Waals surface area contributed by atoms with Crippen molar-refractivity contribution in [2.75, 3.05) is 14.2 Å². The fourth-order valence-corrected chi connectivity index (χ4v) is 4.69. The van der Waals surface area contributed by atoms with Gasteiger partial charge in [-0.2, -0.15) is 0 Å². The molecule has 2 aliphatic rings. The molecule has 31 heavy (non-hydrogen) atoms. The molecule has 1 saturated heterocycles. The number of nitrogens with zero attached hydrogens (tertiary/aromatic N) is 1. The van der Waals surface area contributed by atoms with E-state index in [1.165, 1.54) is 14.2 Å². The molecule has 6 nitrogen and oxygen atoms in total. The zero-order chi connectivity index (χ0) is 22.0. The van der Waals surface area contributed by atoms with E-state index in [9.17, 15) is 14.7 Å². The van der Waals surface area contributed by atoms with Crippen molar-refractivity contribution in [2.45, 2.75) is 44.2 Å². The third-order valence-corrected chi connectivity index (χ3v) is 6.22. The van der Waals surface area contributed by atoms with Gasteiger partial charge < -0.3 is 19.5 Å². The van der Waals surface area contributed by atoms with Crippen molar-refractivity contribution in [1.29, 1.82) is 0 Å². The Morgan fingerprint density at radius 3 is 2.26 bits per heavy atom. The lowest BCUT2D eigenvalue weighted by Crippen LogP contribution is -2.40. The van der Waals surface area contributed by atoms with Gasteiger partial charge >= 0.3 is 0 Å². The molecule has 2 aromatic carbocycles. The van der Waals surface area contributed by atoms with Crippen molar-refractivity contribution in [1.82, 2.24) is 4.90 Å². The summed E-state index contributed by atoms with van der Waals surface area (Å²) in [6.07, 6.45) is 4.94. The molecule has 1 N–H and O–H groups in total. The van der Waals surface area contributed by atoms with Crippen molar-refractivity contribution < 1.29 is 24.2 Å². The number of hydrogen-bond acceptors (Lipinski definition) is 5. The van der Waals surface area contributed by atoms with E-state index in [4.69, 9.17) is 9.47 Å². The highest BCUT2D eigenvalue weighted by molar-refractivity contribution is 6.46. The van der Waals surface area contributed by atoms with Crippen LogP contribution in [-0.2, 0) is 9.59 Å². The third kappa shape index (κ3) is 3.78. The van der Waals surface area contributed by atoms with Gasteiger partial charge in [-0.1, -0.05) is 49.6 Å². The largest absolute Gasteiger partial charge is 0.507 e. The third-order valence-electron chi connectivity index (χ3n) is 6.22.